The Hall–Kier alpha value is -1.55. The molecule has 0 fully saturated rings. The first-order valence-corrected chi connectivity index (χ1v) is 6.94. The molecule has 1 aliphatic heterocycles. The number of nitrogens with one attached hydrogen (secondary N) is 2. The maximum Gasteiger partial charge on any atom is 0.179 e. The summed E-state index contributed by atoms with van der Waals surface area (Å²) in [6.07, 6.45) is 1.19. The minimum Gasteiger partial charge on any atom is -0.487 e. The lowest BCUT2D eigenvalue weighted by Gasteiger charge is -2.25. The number of carbonyl (C=O) groups excluding carboxylic acids is 1. The number of rotatable bonds is 5. The van der Waals surface area contributed by atoms with E-state index in [-0.39, 0.29) is 17.9 Å². The van der Waals surface area contributed by atoms with Gasteiger partial charge in [-0.2, -0.15) is 0 Å². The van der Waals surface area contributed by atoms with E-state index in [0.29, 0.717) is 0 Å². The molecule has 0 aliphatic carbocycles. The van der Waals surface area contributed by atoms with Crippen LogP contribution in [-0.2, 0) is 0 Å². The van der Waals surface area contributed by atoms with Gasteiger partial charge in [-0.05, 0) is 45.0 Å². The van der Waals surface area contributed by atoms with Crippen LogP contribution in [0.5, 0.6) is 5.75 Å². The van der Waals surface area contributed by atoms with Crippen LogP contribution < -0.4 is 15.4 Å². The van der Waals surface area contributed by atoms with Crippen molar-refractivity contribution in [1.82, 2.24) is 5.32 Å². The van der Waals surface area contributed by atoms with Gasteiger partial charge in [-0.3, -0.25) is 4.79 Å². The smallest absolute Gasteiger partial charge is 0.179 e. The number of fused-ring (bicyclic) bond motifs is 1. The lowest BCUT2D eigenvalue weighted by Crippen LogP contribution is -2.34. The Morgan fingerprint density at radius 2 is 2.37 bits per heavy atom. The zero-order chi connectivity index (χ0) is 13.8. The number of carbonyl (C=O) groups is 1. The molecule has 2 atom stereocenters. The van der Waals surface area contributed by atoms with Crippen LogP contribution in [0, 0.1) is 0 Å². The molecule has 0 saturated heterocycles. The Morgan fingerprint density at radius 1 is 1.58 bits per heavy atom. The van der Waals surface area contributed by atoms with Gasteiger partial charge in [-0.25, -0.2) is 0 Å². The molecule has 1 aliphatic rings. The van der Waals surface area contributed by atoms with Crippen LogP contribution in [0.1, 0.15) is 37.6 Å². The summed E-state index contributed by atoms with van der Waals surface area (Å²) in [4.78, 5) is 12.3. The first-order valence-electron chi connectivity index (χ1n) is 6.94. The molecule has 4 nitrogen and oxygen atoms in total. The standard InChI is InChI=1S/C15H22N2O2/c1-4-7-16-11(3)15(18)12-5-6-14-13(8-12)17-9-10(2)19-14/h5-6,8,10-11,16-17H,4,7,9H2,1-3H3. The second kappa shape index (κ2) is 6.06. The van der Waals surface area contributed by atoms with Crippen molar-refractivity contribution < 1.29 is 9.53 Å². The van der Waals surface area contributed by atoms with Crippen molar-refractivity contribution in [3.05, 3.63) is 23.8 Å². The fourth-order valence-electron chi connectivity index (χ4n) is 2.14. The van der Waals surface area contributed by atoms with Crippen molar-refractivity contribution in [2.24, 2.45) is 0 Å². The summed E-state index contributed by atoms with van der Waals surface area (Å²) in [5.41, 5.74) is 1.63. The summed E-state index contributed by atoms with van der Waals surface area (Å²) in [6, 6.07) is 5.44. The van der Waals surface area contributed by atoms with Gasteiger partial charge >= 0.3 is 0 Å². The maximum absolute atomic E-state index is 12.3. The first kappa shape index (κ1) is 13.9. The van der Waals surface area contributed by atoms with Crippen molar-refractivity contribution >= 4 is 11.5 Å². The van der Waals surface area contributed by atoms with E-state index in [1.54, 1.807) is 0 Å². The third-order valence-electron chi connectivity index (χ3n) is 3.27. The third kappa shape index (κ3) is 3.26. The number of Topliss-reactive ketones (excluding diaryl/α,β-unsaturated/α-hetero) is 1. The average Bonchev–Trinajstić information content (AvgIpc) is 2.43. The molecule has 4 heteroatoms. The molecule has 1 heterocycles. The second-order valence-corrected chi connectivity index (χ2v) is 5.06. The summed E-state index contributed by atoms with van der Waals surface area (Å²) in [6.45, 7) is 7.64. The molecule has 0 saturated carbocycles. The summed E-state index contributed by atoms with van der Waals surface area (Å²) >= 11 is 0. The number of ether oxygens (including phenoxy) is 1. The molecular weight excluding hydrogens is 240 g/mol. The normalized spacial score (nSPS) is 19.0. The number of ketones is 1. The molecule has 2 rings (SSSR count). The molecule has 19 heavy (non-hydrogen) atoms. The molecule has 1 aromatic rings. The van der Waals surface area contributed by atoms with Crippen LogP contribution in [0.3, 0.4) is 0 Å². The van der Waals surface area contributed by atoms with Crippen LogP contribution in [-0.4, -0.2) is 31.0 Å². The van der Waals surface area contributed by atoms with Crippen LogP contribution in [0.25, 0.3) is 0 Å². The van der Waals surface area contributed by atoms with E-state index in [0.717, 1.165) is 36.5 Å². The highest BCUT2D eigenvalue weighted by Gasteiger charge is 2.19. The van der Waals surface area contributed by atoms with Crippen molar-refractivity contribution in [3.63, 3.8) is 0 Å². The van der Waals surface area contributed by atoms with Gasteiger partial charge in [-0.1, -0.05) is 6.92 Å². The highest BCUT2D eigenvalue weighted by Crippen LogP contribution is 2.30. The molecule has 0 aromatic heterocycles. The fraction of sp³-hybridized carbons (Fsp3) is 0.533. The van der Waals surface area contributed by atoms with Gasteiger partial charge in [0.1, 0.15) is 11.9 Å². The van der Waals surface area contributed by atoms with Crippen LogP contribution in [0.2, 0.25) is 0 Å². The number of anilines is 1. The Balaban J connectivity index is 2.11. The van der Waals surface area contributed by atoms with E-state index >= 15 is 0 Å². The molecular formula is C15H22N2O2. The molecule has 0 bridgehead atoms. The Morgan fingerprint density at radius 3 is 3.11 bits per heavy atom. The predicted octanol–water partition coefficient (Wildman–Crippen LogP) is 2.45. The van der Waals surface area contributed by atoms with E-state index in [9.17, 15) is 4.79 Å². The average molecular weight is 262 g/mol. The van der Waals surface area contributed by atoms with Gasteiger partial charge in [0.15, 0.2) is 5.78 Å². The monoisotopic (exact) mass is 262 g/mol. The Bertz CT molecular complexity index is 459. The van der Waals surface area contributed by atoms with E-state index < -0.39 is 0 Å². The van der Waals surface area contributed by atoms with Crippen molar-refractivity contribution in [2.45, 2.75) is 39.3 Å². The van der Waals surface area contributed by atoms with Gasteiger partial charge in [0.2, 0.25) is 0 Å². The zero-order valence-corrected chi connectivity index (χ0v) is 11.8. The summed E-state index contributed by atoms with van der Waals surface area (Å²) in [5.74, 6) is 0.946. The minimum absolute atomic E-state index is 0.122. The minimum atomic E-state index is -0.151. The topological polar surface area (TPSA) is 50.4 Å². The maximum atomic E-state index is 12.3. The van der Waals surface area contributed by atoms with Gasteiger partial charge in [0, 0.05) is 5.56 Å². The largest absolute Gasteiger partial charge is 0.487 e. The molecule has 0 amide bonds. The summed E-state index contributed by atoms with van der Waals surface area (Å²) in [5, 5.41) is 6.51. The Labute approximate surface area is 114 Å². The van der Waals surface area contributed by atoms with Crippen molar-refractivity contribution in [1.29, 1.82) is 0 Å². The van der Waals surface area contributed by atoms with E-state index in [4.69, 9.17) is 4.74 Å². The number of hydrogen-bond acceptors (Lipinski definition) is 4. The van der Waals surface area contributed by atoms with E-state index in [1.165, 1.54) is 0 Å². The van der Waals surface area contributed by atoms with Crippen LogP contribution in [0.15, 0.2) is 18.2 Å². The fourth-order valence-corrected chi connectivity index (χ4v) is 2.14. The van der Waals surface area contributed by atoms with Gasteiger partial charge in [0.05, 0.1) is 18.3 Å². The highest BCUT2D eigenvalue weighted by molar-refractivity contribution is 6.01. The lowest BCUT2D eigenvalue weighted by molar-refractivity contribution is 0.0951. The van der Waals surface area contributed by atoms with Gasteiger partial charge in [-0.15, -0.1) is 0 Å². The SMILES string of the molecule is CCCNC(C)C(=O)c1ccc2c(c1)NCC(C)O2. The lowest BCUT2D eigenvalue weighted by atomic mass is 10.0. The first-order chi connectivity index (χ1) is 9.11. The zero-order valence-electron chi connectivity index (χ0n) is 11.8. The van der Waals surface area contributed by atoms with Crippen LogP contribution in [0.4, 0.5) is 5.69 Å². The Kier molecular flexibility index (Phi) is 4.43. The number of benzene rings is 1. The molecule has 2 N–H and O–H groups in total. The van der Waals surface area contributed by atoms with Crippen LogP contribution >= 0.6 is 0 Å². The third-order valence-corrected chi connectivity index (χ3v) is 3.27. The summed E-state index contributed by atoms with van der Waals surface area (Å²) in [7, 11) is 0. The van der Waals surface area contributed by atoms with Crippen molar-refractivity contribution in [3.8, 4) is 5.75 Å². The second-order valence-electron chi connectivity index (χ2n) is 5.06. The molecule has 1 aromatic carbocycles. The van der Waals surface area contributed by atoms with Crippen molar-refractivity contribution in [2.75, 3.05) is 18.4 Å². The number of hydrogen-bond donors (Lipinski definition) is 2. The van der Waals surface area contributed by atoms with E-state index in [2.05, 4.69) is 17.6 Å². The molecule has 104 valence electrons. The van der Waals surface area contributed by atoms with Gasteiger partial charge in [0.25, 0.3) is 0 Å². The quantitative estimate of drug-likeness (QED) is 0.800. The molecule has 0 spiro atoms. The van der Waals surface area contributed by atoms with E-state index in [1.807, 2.05) is 32.0 Å². The van der Waals surface area contributed by atoms with Gasteiger partial charge < -0.3 is 15.4 Å². The molecule has 0 radical (unpaired) electrons. The predicted molar refractivity (Wildman–Crippen MR) is 77.1 cm³/mol. The highest BCUT2D eigenvalue weighted by atomic mass is 16.5. The molecule has 2 unspecified atom stereocenters. The summed E-state index contributed by atoms with van der Waals surface area (Å²) < 4.78 is 5.70.